The zero-order valence-corrected chi connectivity index (χ0v) is 19.4. The Morgan fingerprint density at radius 3 is 2.18 bits per heavy atom. The molecule has 0 spiro atoms. The van der Waals surface area contributed by atoms with Crippen LogP contribution < -0.4 is 10.2 Å². The molecule has 0 saturated carbocycles. The van der Waals surface area contributed by atoms with E-state index in [0.29, 0.717) is 23.8 Å². The predicted molar refractivity (Wildman–Crippen MR) is 130 cm³/mol. The van der Waals surface area contributed by atoms with Gasteiger partial charge in [-0.2, -0.15) is 4.98 Å². The van der Waals surface area contributed by atoms with Crippen LogP contribution in [0.2, 0.25) is 5.02 Å². The first kappa shape index (κ1) is 21.1. The largest absolute Gasteiger partial charge is 0.347 e. The van der Waals surface area contributed by atoms with Crippen molar-refractivity contribution in [1.82, 2.24) is 14.8 Å². The molecule has 3 aliphatic rings. The van der Waals surface area contributed by atoms with Crippen molar-refractivity contribution in [2.24, 2.45) is 11.8 Å². The Morgan fingerprint density at radius 2 is 1.53 bits per heavy atom. The van der Waals surface area contributed by atoms with Crippen molar-refractivity contribution in [2.45, 2.75) is 38.3 Å². The topological polar surface area (TPSA) is 80.1 Å². The maximum atomic E-state index is 13.1. The van der Waals surface area contributed by atoms with E-state index in [9.17, 15) is 9.59 Å². The summed E-state index contributed by atoms with van der Waals surface area (Å²) in [4.78, 5) is 32.1. The van der Waals surface area contributed by atoms with Crippen molar-refractivity contribution in [3.05, 3.63) is 82.4 Å². The zero-order valence-electron chi connectivity index (χ0n) is 18.7. The van der Waals surface area contributed by atoms with Crippen molar-refractivity contribution in [1.29, 1.82) is 0 Å². The molecule has 2 aliphatic heterocycles. The third-order valence-corrected chi connectivity index (χ3v) is 7.37. The molecule has 1 saturated heterocycles. The molecule has 1 N–H and O–H groups in total. The van der Waals surface area contributed by atoms with Crippen molar-refractivity contribution >= 4 is 35.3 Å². The van der Waals surface area contributed by atoms with Gasteiger partial charge in [0, 0.05) is 5.02 Å². The van der Waals surface area contributed by atoms with E-state index in [1.807, 2.05) is 41.1 Å². The van der Waals surface area contributed by atoms with Gasteiger partial charge < -0.3 is 5.32 Å². The van der Waals surface area contributed by atoms with Gasteiger partial charge in [0.15, 0.2) is 0 Å². The lowest BCUT2D eigenvalue weighted by molar-refractivity contribution is -0.122. The summed E-state index contributed by atoms with van der Waals surface area (Å²) in [5, 5.41) is 8.85. The number of hydrogen-bond donors (Lipinski definition) is 1. The molecule has 1 aromatic heterocycles. The van der Waals surface area contributed by atoms with Crippen LogP contribution in [0.5, 0.6) is 0 Å². The molecule has 0 bridgehead atoms. The molecule has 1 fully saturated rings. The highest BCUT2D eigenvalue weighted by Gasteiger charge is 2.49. The Morgan fingerprint density at radius 1 is 0.912 bits per heavy atom. The molecule has 2 aromatic carbocycles. The van der Waals surface area contributed by atoms with Gasteiger partial charge in [-0.3, -0.25) is 9.59 Å². The molecule has 1 aliphatic carbocycles. The zero-order chi connectivity index (χ0) is 23.4. The Kier molecular flexibility index (Phi) is 5.03. The molecular weight excluding hydrogens is 450 g/mol. The Hall–Kier alpha value is -3.45. The number of benzene rings is 2. The van der Waals surface area contributed by atoms with Gasteiger partial charge in [0.05, 0.1) is 23.9 Å². The van der Waals surface area contributed by atoms with E-state index in [1.54, 1.807) is 0 Å². The van der Waals surface area contributed by atoms with Crippen molar-refractivity contribution < 1.29 is 9.59 Å². The fourth-order valence-electron chi connectivity index (χ4n) is 5.24. The van der Waals surface area contributed by atoms with Gasteiger partial charge in [-0.1, -0.05) is 65.7 Å². The van der Waals surface area contributed by atoms with Gasteiger partial charge in [-0.05, 0) is 49.4 Å². The number of carbonyl (C=O) groups is 2. The maximum Gasteiger partial charge on any atom is 0.260 e. The summed E-state index contributed by atoms with van der Waals surface area (Å²) in [6.07, 6.45) is 5.86. The Bertz CT molecular complexity index is 1270. The minimum Gasteiger partial charge on any atom is -0.347 e. The lowest BCUT2D eigenvalue weighted by Gasteiger charge is -2.31. The number of fused-ring (bicyclic) bond motifs is 2. The summed E-state index contributed by atoms with van der Waals surface area (Å²) in [6.45, 7) is 2.06. The first-order valence-corrected chi connectivity index (χ1v) is 12.0. The van der Waals surface area contributed by atoms with Crippen LogP contribution >= 0.6 is 11.6 Å². The molecule has 3 aromatic rings. The highest BCUT2D eigenvalue weighted by molar-refractivity contribution is 6.30. The number of allylic oxidation sites excluding steroid dienone is 2. The number of aromatic nitrogens is 3. The normalized spacial score (nSPS) is 25.8. The minimum atomic E-state index is -0.319. The lowest BCUT2D eigenvalue weighted by Crippen LogP contribution is -2.32. The average Bonchev–Trinajstić information content (AvgIpc) is 3.38. The monoisotopic (exact) mass is 473 g/mol. The van der Waals surface area contributed by atoms with E-state index in [4.69, 9.17) is 16.7 Å². The fourth-order valence-corrected chi connectivity index (χ4v) is 5.36. The SMILES string of the molecule is Cc1ccc([C@H]2C[C@@H](c3ccc(Cl)cc3)Nc3nc(N4C(=O)[C@H]5CC=CC[C@@H]5C4=O)nn32)cc1. The number of aryl methyl sites for hydroxylation is 1. The summed E-state index contributed by atoms with van der Waals surface area (Å²) in [7, 11) is 0. The number of nitrogens with one attached hydrogen (secondary N) is 1. The molecule has 172 valence electrons. The first-order valence-electron chi connectivity index (χ1n) is 11.6. The van der Waals surface area contributed by atoms with Gasteiger partial charge in [-0.25, -0.2) is 9.58 Å². The van der Waals surface area contributed by atoms with Gasteiger partial charge in [0.2, 0.25) is 17.8 Å². The van der Waals surface area contributed by atoms with Crippen LogP contribution in [-0.2, 0) is 9.59 Å². The number of nitrogens with zero attached hydrogens (tertiary/aromatic N) is 4. The number of halogens is 1. The Labute approximate surface area is 202 Å². The fraction of sp³-hybridized carbons (Fsp3) is 0.308. The lowest BCUT2D eigenvalue weighted by atomic mass is 9.85. The molecule has 0 unspecified atom stereocenters. The molecule has 2 amide bonds. The third kappa shape index (κ3) is 3.42. The maximum absolute atomic E-state index is 13.1. The molecular formula is C26H24ClN5O2. The molecule has 4 atom stereocenters. The van der Waals surface area contributed by atoms with E-state index in [2.05, 4.69) is 41.5 Å². The second kappa shape index (κ2) is 8.09. The van der Waals surface area contributed by atoms with Crippen LogP contribution in [-0.4, -0.2) is 26.6 Å². The van der Waals surface area contributed by atoms with Crippen LogP contribution in [0.25, 0.3) is 0 Å². The van der Waals surface area contributed by atoms with Crippen molar-refractivity contribution in [2.75, 3.05) is 10.2 Å². The minimum absolute atomic E-state index is 0.0233. The Balaban J connectivity index is 1.40. The van der Waals surface area contributed by atoms with Crippen LogP contribution in [0.15, 0.2) is 60.7 Å². The van der Waals surface area contributed by atoms with E-state index in [0.717, 1.165) is 17.5 Å². The molecule has 7 nitrogen and oxygen atoms in total. The van der Waals surface area contributed by atoms with Crippen LogP contribution in [0.4, 0.5) is 11.9 Å². The van der Waals surface area contributed by atoms with Crippen LogP contribution in [0.1, 0.15) is 48.0 Å². The quantitative estimate of drug-likeness (QED) is 0.435. The molecule has 34 heavy (non-hydrogen) atoms. The third-order valence-electron chi connectivity index (χ3n) is 7.12. The van der Waals surface area contributed by atoms with Crippen LogP contribution in [0, 0.1) is 18.8 Å². The number of amides is 2. The summed E-state index contributed by atoms with van der Waals surface area (Å²) < 4.78 is 1.81. The van der Waals surface area contributed by atoms with E-state index in [1.165, 1.54) is 10.5 Å². The van der Waals surface area contributed by atoms with Gasteiger partial charge >= 0.3 is 0 Å². The van der Waals surface area contributed by atoms with E-state index >= 15 is 0 Å². The first-order chi connectivity index (χ1) is 16.5. The average molecular weight is 474 g/mol. The number of rotatable bonds is 3. The second-order valence-electron chi connectivity index (χ2n) is 9.26. The smallest absolute Gasteiger partial charge is 0.260 e. The molecule has 8 heteroatoms. The number of anilines is 2. The number of imide groups is 1. The standard InChI is InChI=1S/C26H24ClN5O2/c1-15-6-8-17(9-7-15)22-14-21(16-10-12-18(27)13-11-16)28-25-29-26(30-32(22)25)31-23(33)19-4-2-3-5-20(19)24(31)34/h2-3,6-13,19-22H,4-5,14H2,1H3,(H,28,29,30)/t19-,20-,21-,22+/m0/s1. The van der Waals surface area contributed by atoms with Gasteiger partial charge in [0.1, 0.15) is 0 Å². The van der Waals surface area contributed by atoms with E-state index < -0.39 is 0 Å². The highest BCUT2D eigenvalue weighted by Crippen LogP contribution is 2.41. The van der Waals surface area contributed by atoms with Crippen molar-refractivity contribution in [3.63, 3.8) is 0 Å². The van der Waals surface area contributed by atoms with Gasteiger partial charge in [-0.15, -0.1) is 5.10 Å². The van der Waals surface area contributed by atoms with Crippen LogP contribution in [0.3, 0.4) is 0 Å². The second-order valence-corrected chi connectivity index (χ2v) is 9.69. The predicted octanol–water partition coefficient (Wildman–Crippen LogP) is 4.84. The van der Waals surface area contributed by atoms with Crippen molar-refractivity contribution in [3.8, 4) is 0 Å². The highest BCUT2D eigenvalue weighted by atomic mass is 35.5. The molecule has 6 rings (SSSR count). The molecule has 0 radical (unpaired) electrons. The number of hydrogen-bond acceptors (Lipinski definition) is 5. The van der Waals surface area contributed by atoms with Gasteiger partial charge in [0.25, 0.3) is 5.95 Å². The summed E-state index contributed by atoms with van der Waals surface area (Å²) >= 11 is 6.11. The molecule has 3 heterocycles. The summed E-state index contributed by atoms with van der Waals surface area (Å²) in [5.41, 5.74) is 3.36. The number of carbonyl (C=O) groups excluding carboxylic acids is 2. The summed E-state index contributed by atoms with van der Waals surface area (Å²) in [6, 6.07) is 16.0. The summed E-state index contributed by atoms with van der Waals surface area (Å²) in [5.74, 6) is -0.352. The van der Waals surface area contributed by atoms with E-state index in [-0.39, 0.29) is 41.7 Å².